The largest absolute Gasteiger partial charge is 0.508 e. The van der Waals surface area contributed by atoms with E-state index in [-0.39, 0.29) is 33.8 Å². The minimum absolute atomic E-state index is 0.0153. The summed E-state index contributed by atoms with van der Waals surface area (Å²) >= 11 is 0. The molecule has 4 amide bonds. The van der Waals surface area contributed by atoms with Crippen LogP contribution in [0.2, 0.25) is 0 Å². The molecule has 2 heterocycles. The van der Waals surface area contributed by atoms with E-state index in [4.69, 9.17) is 0 Å². The van der Waals surface area contributed by atoms with Crippen molar-refractivity contribution in [2.45, 2.75) is 31.6 Å². The number of halogens is 6. The predicted molar refractivity (Wildman–Crippen MR) is 153 cm³/mol. The van der Waals surface area contributed by atoms with Crippen LogP contribution in [-0.2, 0) is 5.41 Å². The van der Waals surface area contributed by atoms with Gasteiger partial charge in [0.2, 0.25) is 5.41 Å². The minimum Gasteiger partial charge on any atom is -0.508 e. The number of imide groups is 2. The molecule has 8 nitrogen and oxygen atoms in total. The van der Waals surface area contributed by atoms with Crippen molar-refractivity contribution in [2.24, 2.45) is 0 Å². The molecule has 0 radical (unpaired) electrons. The zero-order chi connectivity index (χ0) is 34.4. The summed E-state index contributed by atoms with van der Waals surface area (Å²) in [5.41, 5.74) is -12.8. The number of phenols is 2. The predicted octanol–water partition coefficient (Wildman–Crippen LogP) is 6.23. The van der Waals surface area contributed by atoms with Gasteiger partial charge in [-0.1, -0.05) is 18.2 Å². The summed E-state index contributed by atoms with van der Waals surface area (Å²) in [7, 11) is 0. The Morgan fingerprint density at radius 3 is 1.55 bits per heavy atom. The summed E-state index contributed by atoms with van der Waals surface area (Å²) in [5.74, 6) is -5.32. The minimum atomic E-state index is -6.26. The molecule has 4 N–H and O–H groups in total. The van der Waals surface area contributed by atoms with E-state index in [1.165, 1.54) is 13.8 Å². The first-order chi connectivity index (χ1) is 21.9. The van der Waals surface area contributed by atoms with Gasteiger partial charge in [-0.2, -0.15) is 26.3 Å². The molecule has 0 saturated heterocycles. The van der Waals surface area contributed by atoms with Gasteiger partial charge >= 0.3 is 12.4 Å². The van der Waals surface area contributed by atoms with Crippen molar-refractivity contribution in [3.8, 4) is 33.8 Å². The number of amides is 4. The monoisotopic (exact) mass is 654 g/mol. The summed E-state index contributed by atoms with van der Waals surface area (Å²) in [4.78, 5) is 51.0. The van der Waals surface area contributed by atoms with Crippen LogP contribution in [0.4, 0.5) is 26.3 Å². The molecule has 6 rings (SSSR count). The van der Waals surface area contributed by atoms with Crippen LogP contribution in [-0.4, -0.2) is 46.2 Å². The fourth-order valence-electron chi connectivity index (χ4n) is 6.40. The van der Waals surface area contributed by atoms with Crippen LogP contribution in [0.1, 0.15) is 63.7 Å². The van der Waals surface area contributed by atoms with Gasteiger partial charge in [-0.3, -0.25) is 29.8 Å². The Bertz CT molecular complexity index is 2090. The highest BCUT2D eigenvalue weighted by Gasteiger charge is 2.74. The first-order valence-corrected chi connectivity index (χ1v) is 13.7. The zero-order valence-electron chi connectivity index (χ0n) is 24.1. The average molecular weight is 655 g/mol. The number of aryl methyl sites for hydroxylation is 2. The lowest BCUT2D eigenvalue weighted by Gasteiger charge is -2.41. The molecule has 0 fully saturated rings. The highest BCUT2D eigenvalue weighted by atomic mass is 19.4. The fraction of sp³-hybridized carbons (Fsp3) is 0.152. The molecule has 0 bridgehead atoms. The first kappa shape index (κ1) is 31.3. The standard InChI is InChI=1S/C33H20F6N2O6/c1-13-9-16(42)4-7-18(13)21-12-23-25(30(47)41-29(23)46)24(19-8-5-17(43)10-14(19)2)26(21)31(32(34,35)36,33(37,38)39)15-3-6-20-22(11-15)28(45)40-27(20)44/h3-12,42-43H,1-2H3,(H,40,44,45)(H,41,46,47). The number of hydrogen-bond donors (Lipinski definition) is 4. The van der Waals surface area contributed by atoms with E-state index >= 15 is 26.3 Å². The third-order valence-electron chi connectivity index (χ3n) is 8.40. The van der Waals surface area contributed by atoms with E-state index in [0.717, 1.165) is 42.5 Å². The van der Waals surface area contributed by atoms with E-state index in [9.17, 15) is 29.4 Å². The van der Waals surface area contributed by atoms with E-state index < -0.39 is 85.9 Å². The maximum absolute atomic E-state index is 15.9. The van der Waals surface area contributed by atoms with Gasteiger partial charge in [0.25, 0.3) is 23.6 Å². The molecular weight excluding hydrogens is 634 g/mol. The maximum atomic E-state index is 15.9. The number of hydrogen-bond acceptors (Lipinski definition) is 6. The average Bonchev–Trinajstić information content (AvgIpc) is 3.40. The van der Waals surface area contributed by atoms with E-state index in [0.29, 0.717) is 18.2 Å². The highest BCUT2D eigenvalue weighted by Crippen LogP contribution is 2.61. The van der Waals surface area contributed by atoms with Gasteiger partial charge in [-0.15, -0.1) is 0 Å². The molecular formula is C33H20F6N2O6. The number of alkyl halides is 6. The normalized spacial score (nSPS) is 14.6. The van der Waals surface area contributed by atoms with Crippen molar-refractivity contribution in [2.75, 3.05) is 0 Å². The second-order valence-corrected chi connectivity index (χ2v) is 11.2. The van der Waals surface area contributed by atoms with Crippen LogP contribution in [0.15, 0.2) is 60.7 Å². The maximum Gasteiger partial charge on any atom is 0.411 e. The molecule has 0 atom stereocenters. The summed E-state index contributed by atoms with van der Waals surface area (Å²) in [5, 5.41) is 23.9. The third kappa shape index (κ3) is 4.46. The smallest absolute Gasteiger partial charge is 0.411 e. The third-order valence-corrected chi connectivity index (χ3v) is 8.40. The molecule has 47 heavy (non-hydrogen) atoms. The van der Waals surface area contributed by atoms with Crippen LogP contribution in [0, 0.1) is 13.8 Å². The van der Waals surface area contributed by atoms with Gasteiger partial charge in [0.05, 0.1) is 22.3 Å². The van der Waals surface area contributed by atoms with Crippen molar-refractivity contribution in [3.63, 3.8) is 0 Å². The van der Waals surface area contributed by atoms with E-state index in [2.05, 4.69) is 0 Å². The molecule has 0 unspecified atom stereocenters. The van der Waals surface area contributed by atoms with Gasteiger partial charge < -0.3 is 10.2 Å². The number of aromatic hydroxyl groups is 2. The number of phenolic OH excluding ortho intramolecular Hbond substituents is 2. The molecule has 4 aromatic rings. The number of fused-ring (bicyclic) bond motifs is 2. The summed E-state index contributed by atoms with van der Waals surface area (Å²) in [6.07, 6.45) is -12.5. The lowest BCUT2D eigenvalue weighted by atomic mass is 9.65. The number of nitrogens with one attached hydrogen (secondary N) is 2. The van der Waals surface area contributed by atoms with Crippen molar-refractivity contribution in [1.82, 2.24) is 10.6 Å². The quantitative estimate of drug-likeness (QED) is 0.153. The molecule has 0 saturated carbocycles. The van der Waals surface area contributed by atoms with Crippen molar-refractivity contribution < 1.29 is 55.7 Å². The van der Waals surface area contributed by atoms with Crippen molar-refractivity contribution in [1.29, 1.82) is 0 Å². The molecule has 0 aliphatic carbocycles. The molecule has 4 aromatic carbocycles. The lowest BCUT2D eigenvalue weighted by molar-refractivity contribution is -0.288. The Labute approximate surface area is 260 Å². The van der Waals surface area contributed by atoms with Crippen LogP contribution < -0.4 is 10.6 Å². The Morgan fingerprint density at radius 1 is 0.511 bits per heavy atom. The summed E-state index contributed by atoms with van der Waals surface area (Å²) in [6.45, 7) is 2.60. The molecule has 0 spiro atoms. The fourth-order valence-corrected chi connectivity index (χ4v) is 6.40. The molecule has 240 valence electrons. The lowest BCUT2D eigenvalue weighted by Crippen LogP contribution is -2.55. The number of carbonyl (C=O) groups excluding carboxylic acids is 4. The highest BCUT2D eigenvalue weighted by molar-refractivity contribution is 6.25. The van der Waals surface area contributed by atoms with Crippen LogP contribution in [0.5, 0.6) is 11.5 Å². The first-order valence-electron chi connectivity index (χ1n) is 13.7. The molecule has 0 aromatic heterocycles. The molecule has 14 heteroatoms. The Hall–Kier alpha value is -5.66. The summed E-state index contributed by atoms with van der Waals surface area (Å²) in [6, 6.07) is 8.52. The van der Waals surface area contributed by atoms with E-state index in [1.807, 2.05) is 10.6 Å². The van der Waals surface area contributed by atoms with Gasteiger partial charge in [0.15, 0.2) is 0 Å². The second kappa shape index (κ2) is 10.2. The van der Waals surface area contributed by atoms with Crippen LogP contribution in [0.3, 0.4) is 0 Å². The summed E-state index contributed by atoms with van der Waals surface area (Å²) < 4.78 is 95.3. The number of benzene rings is 4. The van der Waals surface area contributed by atoms with Crippen molar-refractivity contribution in [3.05, 3.63) is 105 Å². The molecule has 2 aliphatic rings. The SMILES string of the molecule is Cc1cc(O)ccc1-c1cc2c(c(-c3ccc(O)cc3C)c1C(c1ccc3c(c1)C(=O)NC3=O)(C(F)(F)F)C(F)(F)F)C(=O)NC2=O. The number of carbonyl (C=O) groups is 4. The Kier molecular flexibility index (Phi) is 6.78. The van der Waals surface area contributed by atoms with Crippen LogP contribution >= 0.6 is 0 Å². The van der Waals surface area contributed by atoms with Crippen molar-refractivity contribution >= 4 is 23.6 Å². The molecule has 2 aliphatic heterocycles. The van der Waals surface area contributed by atoms with Gasteiger partial charge in [0.1, 0.15) is 11.5 Å². The van der Waals surface area contributed by atoms with Crippen LogP contribution in [0.25, 0.3) is 22.3 Å². The topological polar surface area (TPSA) is 133 Å². The Balaban J connectivity index is 1.94. The zero-order valence-corrected chi connectivity index (χ0v) is 24.1. The van der Waals surface area contributed by atoms with Gasteiger partial charge in [-0.25, -0.2) is 0 Å². The van der Waals surface area contributed by atoms with Gasteiger partial charge in [0, 0.05) is 5.56 Å². The van der Waals surface area contributed by atoms with Gasteiger partial charge in [-0.05, 0) is 95.3 Å². The Morgan fingerprint density at radius 2 is 1.00 bits per heavy atom. The van der Waals surface area contributed by atoms with E-state index in [1.54, 1.807) is 0 Å². The second-order valence-electron chi connectivity index (χ2n) is 11.2. The number of rotatable bonds is 4.